The number of allylic oxidation sites excluding steroid dienone is 1. The van der Waals surface area contributed by atoms with Gasteiger partial charge >= 0.3 is 0 Å². The second-order valence-corrected chi connectivity index (χ2v) is 3.49. The Bertz CT molecular complexity index is 401. The van der Waals surface area contributed by atoms with Crippen LogP contribution >= 0.6 is 0 Å². The number of carbonyl (C=O) groups excluding carboxylic acids is 1. The molecule has 1 amide bonds. The standard InChI is InChI=1S/C13H17N3O/c1-3-7-16(10-14-2)9-12-5-4-6-13(8-12)15-11-17/h3-8,10-11H,9H2,1-2H3,(H,15,17)/b7-3+,14-10?. The van der Waals surface area contributed by atoms with Gasteiger partial charge in [0, 0.05) is 25.5 Å². The fourth-order valence-corrected chi connectivity index (χ4v) is 1.51. The third-order valence-electron chi connectivity index (χ3n) is 2.12. The quantitative estimate of drug-likeness (QED) is 0.463. The first kappa shape index (κ1) is 13.0. The second kappa shape index (κ2) is 7.22. The van der Waals surface area contributed by atoms with Crippen molar-refractivity contribution in [1.29, 1.82) is 0 Å². The Morgan fingerprint density at radius 3 is 2.94 bits per heavy atom. The molecule has 0 heterocycles. The molecule has 0 atom stereocenters. The maximum atomic E-state index is 10.4. The summed E-state index contributed by atoms with van der Waals surface area (Å²) in [4.78, 5) is 16.3. The maximum absolute atomic E-state index is 10.4. The summed E-state index contributed by atoms with van der Waals surface area (Å²) in [5.41, 5.74) is 1.90. The van der Waals surface area contributed by atoms with Gasteiger partial charge in [0.25, 0.3) is 0 Å². The molecule has 0 bridgehead atoms. The van der Waals surface area contributed by atoms with Gasteiger partial charge in [-0.1, -0.05) is 18.2 Å². The van der Waals surface area contributed by atoms with Gasteiger partial charge in [0.1, 0.15) is 0 Å². The van der Waals surface area contributed by atoms with E-state index in [9.17, 15) is 4.79 Å². The van der Waals surface area contributed by atoms with E-state index in [4.69, 9.17) is 0 Å². The van der Waals surface area contributed by atoms with Crippen LogP contribution in [0.25, 0.3) is 0 Å². The molecule has 0 radical (unpaired) electrons. The van der Waals surface area contributed by atoms with E-state index >= 15 is 0 Å². The lowest BCUT2D eigenvalue weighted by Crippen LogP contribution is -2.14. The number of hydrogen-bond donors (Lipinski definition) is 1. The van der Waals surface area contributed by atoms with E-state index in [1.807, 2.05) is 48.4 Å². The van der Waals surface area contributed by atoms with E-state index in [1.54, 1.807) is 13.4 Å². The third kappa shape index (κ3) is 4.51. The topological polar surface area (TPSA) is 44.7 Å². The first-order valence-corrected chi connectivity index (χ1v) is 5.40. The molecule has 0 aromatic heterocycles. The minimum atomic E-state index is 0.677. The average molecular weight is 231 g/mol. The first-order chi connectivity index (χ1) is 8.30. The van der Waals surface area contributed by atoms with Crippen molar-refractivity contribution >= 4 is 18.4 Å². The Morgan fingerprint density at radius 1 is 1.47 bits per heavy atom. The monoisotopic (exact) mass is 231 g/mol. The summed E-state index contributed by atoms with van der Waals surface area (Å²) in [7, 11) is 1.74. The number of anilines is 1. The highest BCUT2D eigenvalue weighted by molar-refractivity contribution is 5.71. The van der Waals surface area contributed by atoms with E-state index in [0.29, 0.717) is 6.41 Å². The molecule has 1 aromatic carbocycles. The molecule has 4 heteroatoms. The summed E-state index contributed by atoms with van der Waals surface area (Å²) in [5.74, 6) is 0. The van der Waals surface area contributed by atoms with Crippen LogP contribution in [0.15, 0.2) is 41.5 Å². The fourth-order valence-electron chi connectivity index (χ4n) is 1.51. The molecule has 0 aliphatic heterocycles. The fraction of sp³-hybridized carbons (Fsp3) is 0.231. The average Bonchev–Trinajstić information content (AvgIpc) is 2.30. The summed E-state index contributed by atoms with van der Waals surface area (Å²) < 4.78 is 0. The molecule has 1 N–H and O–H groups in total. The third-order valence-corrected chi connectivity index (χ3v) is 2.12. The lowest BCUT2D eigenvalue weighted by atomic mass is 10.2. The smallest absolute Gasteiger partial charge is 0.211 e. The van der Waals surface area contributed by atoms with Gasteiger partial charge in [-0.25, -0.2) is 0 Å². The van der Waals surface area contributed by atoms with Gasteiger partial charge in [0.2, 0.25) is 6.41 Å². The maximum Gasteiger partial charge on any atom is 0.211 e. The summed E-state index contributed by atoms with van der Waals surface area (Å²) in [6.07, 6.45) is 6.35. The minimum Gasteiger partial charge on any atom is -0.335 e. The zero-order valence-corrected chi connectivity index (χ0v) is 10.1. The van der Waals surface area contributed by atoms with E-state index in [1.165, 1.54) is 0 Å². The molecule has 1 aromatic rings. The van der Waals surface area contributed by atoms with Crippen LogP contribution in [0.4, 0.5) is 5.69 Å². The highest BCUT2D eigenvalue weighted by Crippen LogP contribution is 2.11. The highest BCUT2D eigenvalue weighted by Gasteiger charge is 1.99. The Labute approximate surface area is 102 Å². The van der Waals surface area contributed by atoms with Crippen molar-refractivity contribution in [3.63, 3.8) is 0 Å². The van der Waals surface area contributed by atoms with Crippen LogP contribution in [0, 0.1) is 0 Å². The van der Waals surface area contributed by atoms with Crippen molar-refractivity contribution in [2.24, 2.45) is 4.99 Å². The molecule has 1 rings (SSSR count). The van der Waals surface area contributed by atoms with Gasteiger partial charge in [-0.05, 0) is 24.6 Å². The lowest BCUT2D eigenvalue weighted by molar-refractivity contribution is -0.105. The summed E-state index contributed by atoms with van der Waals surface area (Å²) in [6.45, 7) is 2.68. The molecule has 4 nitrogen and oxygen atoms in total. The van der Waals surface area contributed by atoms with Crippen molar-refractivity contribution in [2.45, 2.75) is 13.5 Å². The summed E-state index contributed by atoms with van der Waals surface area (Å²) >= 11 is 0. The molecular formula is C13H17N3O. The second-order valence-electron chi connectivity index (χ2n) is 3.49. The normalized spacial score (nSPS) is 10.9. The van der Waals surface area contributed by atoms with Gasteiger partial charge in [-0.2, -0.15) is 0 Å². The predicted molar refractivity (Wildman–Crippen MR) is 70.9 cm³/mol. The van der Waals surface area contributed by atoms with E-state index in [0.717, 1.165) is 17.8 Å². The van der Waals surface area contributed by atoms with E-state index < -0.39 is 0 Å². The zero-order chi connectivity index (χ0) is 12.5. The van der Waals surface area contributed by atoms with Crippen molar-refractivity contribution in [3.8, 4) is 0 Å². The molecule has 0 aliphatic carbocycles. The molecule has 0 fully saturated rings. The van der Waals surface area contributed by atoms with Crippen LogP contribution in [0.5, 0.6) is 0 Å². The Hall–Kier alpha value is -2.10. The number of hydrogen-bond acceptors (Lipinski definition) is 2. The zero-order valence-electron chi connectivity index (χ0n) is 10.1. The number of amides is 1. The van der Waals surface area contributed by atoms with Crippen LogP contribution in [0.1, 0.15) is 12.5 Å². The van der Waals surface area contributed by atoms with Crippen LogP contribution in [-0.2, 0) is 11.3 Å². The van der Waals surface area contributed by atoms with E-state index in [2.05, 4.69) is 10.3 Å². The van der Waals surface area contributed by atoms with Crippen LogP contribution < -0.4 is 5.32 Å². The molecule has 17 heavy (non-hydrogen) atoms. The number of rotatable bonds is 6. The van der Waals surface area contributed by atoms with Crippen LogP contribution in [0.3, 0.4) is 0 Å². The molecule has 90 valence electrons. The Balaban J connectivity index is 2.77. The van der Waals surface area contributed by atoms with Crippen LogP contribution in [-0.4, -0.2) is 24.7 Å². The number of aliphatic imine (C=N–C) groups is 1. The molecule has 0 saturated carbocycles. The van der Waals surface area contributed by atoms with Gasteiger partial charge in [0.15, 0.2) is 0 Å². The van der Waals surface area contributed by atoms with Crippen molar-refractivity contribution in [2.75, 3.05) is 12.4 Å². The predicted octanol–water partition coefficient (Wildman–Crippen LogP) is 2.25. The molecule has 0 aliphatic rings. The van der Waals surface area contributed by atoms with Gasteiger partial charge in [-0.3, -0.25) is 9.79 Å². The highest BCUT2D eigenvalue weighted by atomic mass is 16.1. The lowest BCUT2D eigenvalue weighted by Gasteiger charge is -2.14. The summed E-state index contributed by atoms with van der Waals surface area (Å²) in [5, 5.41) is 2.63. The molecule has 0 unspecified atom stereocenters. The number of carbonyl (C=O) groups is 1. The molecular weight excluding hydrogens is 214 g/mol. The molecule has 0 spiro atoms. The molecule has 0 saturated heterocycles. The number of nitrogens with zero attached hydrogens (tertiary/aromatic N) is 2. The van der Waals surface area contributed by atoms with Gasteiger partial charge in [0.05, 0.1) is 6.34 Å². The first-order valence-electron chi connectivity index (χ1n) is 5.40. The van der Waals surface area contributed by atoms with Crippen LogP contribution in [0.2, 0.25) is 0 Å². The van der Waals surface area contributed by atoms with Gasteiger partial charge in [-0.15, -0.1) is 0 Å². The van der Waals surface area contributed by atoms with Gasteiger partial charge < -0.3 is 10.2 Å². The van der Waals surface area contributed by atoms with E-state index in [-0.39, 0.29) is 0 Å². The number of benzene rings is 1. The number of nitrogens with one attached hydrogen (secondary N) is 1. The SMILES string of the molecule is C/C=C/N(C=NC)Cc1cccc(NC=O)c1. The van der Waals surface area contributed by atoms with Crippen molar-refractivity contribution < 1.29 is 4.79 Å². The summed E-state index contributed by atoms with van der Waals surface area (Å²) in [6, 6.07) is 7.72. The minimum absolute atomic E-state index is 0.677. The Kier molecular flexibility index (Phi) is 5.51. The van der Waals surface area contributed by atoms with Crippen molar-refractivity contribution in [1.82, 2.24) is 4.90 Å². The van der Waals surface area contributed by atoms with Crippen molar-refractivity contribution in [3.05, 3.63) is 42.1 Å². The Morgan fingerprint density at radius 2 is 2.29 bits per heavy atom. The largest absolute Gasteiger partial charge is 0.335 e.